The molecule has 100 valence electrons. The molecule has 0 radical (unpaired) electrons. The molecular weight excluding hydrogens is 288 g/mol. The smallest absolute Gasteiger partial charge is 0.129 e. The van der Waals surface area contributed by atoms with E-state index in [1.54, 1.807) is 0 Å². The summed E-state index contributed by atoms with van der Waals surface area (Å²) in [6.07, 6.45) is 9.95. The van der Waals surface area contributed by atoms with Crippen LogP contribution in [0, 0.1) is 12.8 Å². The number of rotatable bonds is 4. The Hall–Kier alpha value is -0.570. The fraction of sp³-hybridized carbons (Fsp3) is 0.667. The van der Waals surface area contributed by atoms with E-state index in [0.29, 0.717) is 6.04 Å². The molecule has 1 aromatic rings. The van der Waals surface area contributed by atoms with Gasteiger partial charge < -0.3 is 5.32 Å². The third kappa shape index (κ3) is 3.71. The highest BCUT2D eigenvalue weighted by Crippen LogP contribution is 2.29. The van der Waals surface area contributed by atoms with E-state index in [4.69, 9.17) is 0 Å². The Labute approximate surface area is 119 Å². The quantitative estimate of drug-likeness (QED) is 0.853. The first kappa shape index (κ1) is 13.9. The first-order valence-corrected chi connectivity index (χ1v) is 7.87. The van der Waals surface area contributed by atoms with Crippen LogP contribution < -0.4 is 5.32 Å². The molecule has 0 spiro atoms. The van der Waals surface area contributed by atoms with E-state index < -0.39 is 0 Å². The van der Waals surface area contributed by atoms with Crippen LogP contribution in [0.4, 0.5) is 5.82 Å². The molecule has 0 saturated heterocycles. The van der Waals surface area contributed by atoms with Gasteiger partial charge in [0, 0.05) is 16.7 Å². The number of halogens is 1. The van der Waals surface area contributed by atoms with Crippen LogP contribution >= 0.6 is 15.9 Å². The highest BCUT2D eigenvalue weighted by atomic mass is 79.9. The maximum Gasteiger partial charge on any atom is 0.129 e. The van der Waals surface area contributed by atoms with E-state index in [1.165, 1.54) is 44.1 Å². The van der Waals surface area contributed by atoms with Crippen LogP contribution in [0.1, 0.15) is 51.0 Å². The third-order valence-corrected chi connectivity index (χ3v) is 4.36. The fourth-order valence-electron chi connectivity index (χ4n) is 2.89. The predicted molar refractivity (Wildman–Crippen MR) is 81.0 cm³/mol. The van der Waals surface area contributed by atoms with Gasteiger partial charge in [0.15, 0.2) is 0 Å². The van der Waals surface area contributed by atoms with Crippen LogP contribution in [0.2, 0.25) is 0 Å². The topological polar surface area (TPSA) is 24.9 Å². The Kier molecular flexibility index (Phi) is 5.04. The summed E-state index contributed by atoms with van der Waals surface area (Å²) < 4.78 is 1.05. The number of nitrogens with one attached hydrogen (secondary N) is 1. The summed E-state index contributed by atoms with van der Waals surface area (Å²) in [5.41, 5.74) is 1.22. The lowest BCUT2D eigenvalue weighted by atomic mass is 9.83. The van der Waals surface area contributed by atoms with Crippen molar-refractivity contribution < 1.29 is 0 Å². The van der Waals surface area contributed by atoms with Gasteiger partial charge in [0.2, 0.25) is 0 Å². The van der Waals surface area contributed by atoms with Crippen LogP contribution in [0.25, 0.3) is 0 Å². The molecule has 0 bridgehead atoms. The summed E-state index contributed by atoms with van der Waals surface area (Å²) in [4.78, 5) is 4.47. The first-order chi connectivity index (χ1) is 8.69. The monoisotopic (exact) mass is 310 g/mol. The van der Waals surface area contributed by atoms with E-state index in [9.17, 15) is 0 Å². The third-order valence-electron chi connectivity index (χ3n) is 3.93. The van der Waals surface area contributed by atoms with Crippen molar-refractivity contribution in [3.05, 3.63) is 22.3 Å². The maximum absolute atomic E-state index is 4.47. The Balaban J connectivity index is 1.87. The Bertz CT molecular complexity index is 384. The van der Waals surface area contributed by atoms with E-state index in [0.717, 1.165) is 16.2 Å². The van der Waals surface area contributed by atoms with E-state index >= 15 is 0 Å². The van der Waals surface area contributed by atoms with Gasteiger partial charge in [0.05, 0.1) is 0 Å². The molecule has 1 N–H and O–H groups in total. The van der Waals surface area contributed by atoms with Gasteiger partial charge in [0.25, 0.3) is 0 Å². The number of hydrogen-bond donors (Lipinski definition) is 1. The zero-order valence-electron chi connectivity index (χ0n) is 11.4. The molecule has 1 fully saturated rings. The van der Waals surface area contributed by atoms with Gasteiger partial charge in [-0.05, 0) is 66.1 Å². The van der Waals surface area contributed by atoms with Crippen molar-refractivity contribution in [1.82, 2.24) is 4.98 Å². The average Bonchev–Trinajstić information content (AvgIpc) is 2.35. The standard InChI is InChI=1S/C15H23BrN2/c1-3-4-12-5-7-14(8-6-12)18-15-11(2)9-13(16)10-17-15/h9-10,12,14H,3-8H2,1-2H3,(H,17,18). The molecule has 1 aliphatic rings. The lowest BCUT2D eigenvalue weighted by Crippen LogP contribution is -2.26. The largest absolute Gasteiger partial charge is 0.367 e. The molecule has 1 aromatic heterocycles. The molecule has 0 atom stereocenters. The summed E-state index contributed by atoms with van der Waals surface area (Å²) in [6.45, 7) is 4.41. The SMILES string of the molecule is CCCC1CCC(Nc2ncc(Br)cc2C)CC1. The predicted octanol–water partition coefficient (Wildman–Crippen LogP) is 4.92. The van der Waals surface area contributed by atoms with Crippen LogP contribution in [0.3, 0.4) is 0 Å². The highest BCUT2D eigenvalue weighted by molar-refractivity contribution is 9.10. The lowest BCUT2D eigenvalue weighted by molar-refractivity contribution is 0.318. The second-order valence-corrected chi connectivity index (χ2v) is 6.39. The second kappa shape index (κ2) is 6.55. The average molecular weight is 311 g/mol. The number of pyridine rings is 1. The summed E-state index contributed by atoms with van der Waals surface area (Å²) in [7, 11) is 0. The van der Waals surface area contributed by atoms with Gasteiger partial charge in [-0.15, -0.1) is 0 Å². The molecule has 3 heteroatoms. The summed E-state index contributed by atoms with van der Waals surface area (Å²) in [5, 5.41) is 3.61. The number of aromatic nitrogens is 1. The molecule has 1 heterocycles. The van der Waals surface area contributed by atoms with Gasteiger partial charge in [0.1, 0.15) is 5.82 Å². The zero-order valence-corrected chi connectivity index (χ0v) is 13.0. The van der Waals surface area contributed by atoms with E-state index in [2.05, 4.69) is 46.1 Å². The maximum atomic E-state index is 4.47. The number of hydrogen-bond acceptors (Lipinski definition) is 2. The van der Waals surface area contributed by atoms with Gasteiger partial charge in [-0.3, -0.25) is 0 Å². The van der Waals surface area contributed by atoms with Crippen molar-refractivity contribution in [2.24, 2.45) is 5.92 Å². The number of nitrogens with zero attached hydrogens (tertiary/aromatic N) is 1. The normalized spacial score (nSPS) is 23.9. The molecule has 0 amide bonds. The Morgan fingerprint density at radius 1 is 1.33 bits per heavy atom. The minimum absolute atomic E-state index is 0.616. The summed E-state index contributed by atoms with van der Waals surface area (Å²) in [6, 6.07) is 2.74. The Morgan fingerprint density at radius 2 is 2.06 bits per heavy atom. The number of aryl methyl sites for hydroxylation is 1. The van der Waals surface area contributed by atoms with Gasteiger partial charge in [-0.25, -0.2) is 4.98 Å². The van der Waals surface area contributed by atoms with Crippen molar-refractivity contribution in [2.45, 2.75) is 58.4 Å². The minimum Gasteiger partial charge on any atom is -0.367 e. The molecule has 1 aliphatic carbocycles. The van der Waals surface area contributed by atoms with Gasteiger partial charge >= 0.3 is 0 Å². The first-order valence-electron chi connectivity index (χ1n) is 7.07. The molecule has 2 nitrogen and oxygen atoms in total. The molecule has 18 heavy (non-hydrogen) atoms. The second-order valence-electron chi connectivity index (χ2n) is 5.47. The minimum atomic E-state index is 0.616. The van der Waals surface area contributed by atoms with Gasteiger partial charge in [-0.1, -0.05) is 19.8 Å². The molecule has 2 rings (SSSR count). The van der Waals surface area contributed by atoms with E-state index in [-0.39, 0.29) is 0 Å². The molecule has 0 aromatic carbocycles. The fourth-order valence-corrected chi connectivity index (χ4v) is 3.33. The van der Waals surface area contributed by atoms with Crippen LogP contribution in [0.15, 0.2) is 16.7 Å². The van der Waals surface area contributed by atoms with Crippen molar-refractivity contribution >= 4 is 21.7 Å². The zero-order chi connectivity index (χ0) is 13.0. The van der Waals surface area contributed by atoms with Crippen molar-refractivity contribution in [2.75, 3.05) is 5.32 Å². The van der Waals surface area contributed by atoms with Crippen molar-refractivity contribution in [1.29, 1.82) is 0 Å². The lowest BCUT2D eigenvalue weighted by Gasteiger charge is -2.29. The summed E-state index contributed by atoms with van der Waals surface area (Å²) >= 11 is 3.46. The molecule has 0 aliphatic heterocycles. The van der Waals surface area contributed by atoms with Crippen molar-refractivity contribution in [3.63, 3.8) is 0 Å². The van der Waals surface area contributed by atoms with Crippen molar-refractivity contribution in [3.8, 4) is 0 Å². The summed E-state index contributed by atoms with van der Waals surface area (Å²) in [5.74, 6) is 2.02. The van der Waals surface area contributed by atoms with Crippen LogP contribution in [0.5, 0.6) is 0 Å². The molecule has 1 saturated carbocycles. The molecular formula is C15H23BrN2. The van der Waals surface area contributed by atoms with Crippen LogP contribution in [-0.4, -0.2) is 11.0 Å². The van der Waals surface area contributed by atoms with Gasteiger partial charge in [-0.2, -0.15) is 0 Å². The van der Waals surface area contributed by atoms with Crippen LogP contribution in [-0.2, 0) is 0 Å². The molecule has 0 unspecified atom stereocenters. The Morgan fingerprint density at radius 3 is 2.67 bits per heavy atom. The van der Waals surface area contributed by atoms with E-state index in [1.807, 2.05) is 6.20 Å². The number of anilines is 1. The highest BCUT2D eigenvalue weighted by Gasteiger charge is 2.20.